The van der Waals surface area contributed by atoms with E-state index in [1.165, 1.54) is 0 Å². The van der Waals surface area contributed by atoms with Gasteiger partial charge >= 0.3 is 0 Å². The molecule has 20 heavy (non-hydrogen) atoms. The Labute approximate surface area is 121 Å². The third kappa shape index (κ3) is 3.22. The van der Waals surface area contributed by atoms with Gasteiger partial charge in [-0.05, 0) is 55.4 Å². The van der Waals surface area contributed by atoms with Crippen molar-refractivity contribution in [3.05, 3.63) is 28.8 Å². The van der Waals surface area contributed by atoms with Crippen LogP contribution in [0.3, 0.4) is 0 Å². The summed E-state index contributed by atoms with van der Waals surface area (Å²) in [6.07, 6.45) is 3.09. The minimum Gasteiger partial charge on any atom is -0.392 e. The molecule has 1 aliphatic rings. The molecule has 5 heteroatoms. The molecule has 4 nitrogen and oxygen atoms in total. The number of sulfonamides is 1. The quantitative estimate of drug-likeness (QED) is 0.846. The fourth-order valence-corrected chi connectivity index (χ4v) is 4.27. The van der Waals surface area contributed by atoms with Gasteiger partial charge in [0, 0.05) is 6.04 Å². The van der Waals surface area contributed by atoms with Gasteiger partial charge < -0.3 is 5.11 Å². The second-order valence-corrected chi connectivity index (χ2v) is 7.40. The molecule has 1 aromatic carbocycles. The van der Waals surface area contributed by atoms with Crippen LogP contribution in [-0.4, -0.2) is 19.6 Å². The van der Waals surface area contributed by atoms with Crippen molar-refractivity contribution < 1.29 is 13.5 Å². The molecule has 112 valence electrons. The van der Waals surface area contributed by atoms with E-state index in [0.717, 1.165) is 30.4 Å². The van der Waals surface area contributed by atoms with Gasteiger partial charge in [0.15, 0.2) is 0 Å². The van der Waals surface area contributed by atoms with Gasteiger partial charge in [-0.2, -0.15) is 0 Å². The number of aliphatic hydroxyl groups is 1. The second kappa shape index (κ2) is 5.84. The molecule has 2 atom stereocenters. The van der Waals surface area contributed by atoms with Crippen LogP contribution in [-0.2, 0) is 16.6 Å². The Bertz CT molecular complexity index is 595. The Balaban J connectivity index is 2.22. The van der Waals surface area contributed by atoms with E-state index in [1.54, 1.807) is 13.0 Å². The van der Waals surface area contributed by atoms with Gasteiger partial charge in [0.2, 0.25) is 10.0 Å². The fraction of sp³-hybridized carbons (Fsp3) is 0.600. The van der Waals surface area contributed by atoms with Crippen LogP contribution >= 0.6 is 0 Å². The van der Waals surface area contributed by atoms with E-state index in [1.807, 2.05) is 13.0 Å². The van der Waals surface area contributed by atoms with Crippen LogP contribution in [0.15, 0.2) is 17.0 Å². The zero-order valence-corrected chi connectivity index (χ0v) is 13.1. The first-order valence-electron chi connectivity index (χ1n) is 7.12. The highest BCUT2D eigenvalue weighted by Gasteiger charge is 2.39. The van der Waals surface area contributed by atoms with E-state index in [0.29, 0.717) is 11.5 Å². The molecule has 0 heterocycles. The summed E-state index contributed by atoms with van der Waals surface area (Å²) in [7, 11) is -3.49. The maximum absolute atomic E-state index is 12.4. The van der Waals surface area contributed by atoms with Gasteiger partial charge in [0.25, 0.3) is 0 Å². The summed E-state index contributed by atoms with van der Waals surface area (Å²) in [5.74, 6) is 0.484. The second-order valence-electron chi connectivity index (χ2n) is 5.71. The largest absolute Gasteiger partial charge is 0.392 e. The molecule has 0 aromatic heterocycles. The van der Waals surface area contributed by atoms with Gasteiger partial charge in [-0.15, -0.1) is 0 Å². The van der Waals surface area contributed by atoms with Gasteiger partial charge in [-0.3, -0.25) is 0 Å². The highest BCUT2D eigenvalue weighted by atomic mass is 32.2. The predicted octanol–water partition coefficient (Wildman–Crippen LogP) is 2.26. The molecule has 0 radical (unpaired) electrons. The minimum absolute atomic E-state index is 0.0817. The number of benzene rings is 1. The summed E-state index contributed by atoms with van der Waals surface area (Å²) in [6.45, 7) is 5.64. The van der Waals surface area contributed by atoms with Crippen LogP contribution < -0.4 is 4.72 Å². The Morgan fingerprint density at radius 1 is 1.30 bits per heavy atom. The van der Waals surface area contributed by atoms with Gasteiger partial charge in [0.1, 0.15) is 0 Å². The zero-order valence-electron chi connectivity index (χ0n) is 12.3. The van der Waals surface area contributed by atoms with Crippen molar-refractivity contribution in [3.63, 3.8) is 0 Å². The first kappa shape index (κ1) is 15.5. The Morgan fingerprint density at radius 3 is 2.60 bits per heavy atom. The SMILES string of the molecule is CCCC1CC1NS(=O)(=O)c1cc(CO)c(C)cc1C. The standard InChI is InChI=1S/C15H23NO3S/c1-4-5-12-7-14(12)16-20(18,19)15-8-13(9-17)10(2)6-11(15)3/h6,8,12,14,16-17H,4-5,7,9H2,1-3H3. The molecule has 0 aliphatic heterocycles. The summed E-state index contributed by atoms with van der Waals surface area (Å²) in [5.41, 5.74) is 2.30. The predicted molar refractivity (Wildman–Crippen MR) is 79.0 cm³/mol. The average molecular weight is 297 g/mol. The molecule has 2 N–H and O–H groups in total. The molecular formula is C15H23NO3S. The fourth-order valence-electron chi connectivity index (χ4n) is 2.68. The van der Waals surface area contributed by atoms with Crippen molar-refractivity contribution in [2.24, 2.45) is 5.92 Å². The van der Waals surface area contributed by atoms with Crippen molar-refractivity contribution >= 4 is 10.0 Å². The van der Waals surface area contributed by atoms with Crippen LogP contribution in [0, 0.1) is 19.8 Å². The summed E-state index contributed by atoms with van der Waals surface area (Å²) in [6, 6.07) is 3.49. The molecule has 1 saturated carbocycles. The Hall–Kier alpha value is -0.910. The number of hydrogen-bond donors (Lipinski definition) is 2. The molecule has 0 spiro atoms. The lowest BCUT2D eigenvalue weighted by Crippen LogP contribution is -2.28. The van der Waals surface area contributed by atoms with E-state index in [9.17, 15) is 13.5 Å². The minimum atomic E-state index is -3.49. The molecule has 2 rings (SSSR count). The number of hydrogen-bond acceptors (Lipinski definition) is 3. The molecule has 0 amide bonds. The van der Waals surface area contributed by atoms with E-state index in [2.05, 4.69) is 11.6 Å². The molecule has 2 unspecified atom stereocenters. The summed E-state index contributed by atoms with van der Waals surface area (Å²) < 4.78 is 27.7. The topological polar surface area (TPSA) is 66.4 Å². The highest BCUT2D eigenvalue weighted by molar-refractivity contribution is 7.89. The first-order valence-corrected chi connectivity index (χ1v) is 8.60. The zero-order chi connectivity index (χ0) is 14.9. The van der Waals surface area contributed by atoms with Crippen molar-refractivity contribution in [2.45, 2.75) is 57.6 Å². The first-order chi connectivity index (χ1) is 9.39. The maximum atomic E-state index is 12.4. The third-order valence-corrected chi connectivity index (χ3v) is 5.61. The van der Waals surface area contributed by atoms with Crippen LogP contribution in [0.4, 0.5) is 0 Å². The van der Waals surface area contributed by atoms with Crippen molar-refractivity contribution in [2.75, 3.05) is 0 Å². The lowest BCUT2D eigenvalue weighted by atomic mass is 10.1. The van der Waals surface area contributed by atoms with Gasteiger partial charge in [0.05, 0.1) is 11.5 Å². The van der Waals surface area contributed by atoms with Crippen LogP contribution in [0.2, 0.25) is 0 Å². The highest BCUT2D eigenvalue weighted by Crippen LogP contribution is 2.36. The van der Waals surface area contributed by atoms with Crippen molar-refractivity contribution in [1.29, 1.82) is 0 Å². The third-order valence-electron chi connectivity index (χ3n) is 3.98. The Morgan fingerprint density at radius 2 is 2.00 bits per heavy atom. The molecule has 1 aliphatic carbocycles. The number of aliphatic hydroxyl groups excluding tert-OH is 1. The lowest BCUT2D eigenvalue weighted by Gasteiger charge is -2.12. The molecule has 1 aromatic rings. The molecular weight excluding hydrogens is 274 g/mol. The van der Waals surface area contributed by atoms with Crippen LogP contribution in [0.5, 0.6) is 0 Å². The van der Waals surface area contributed by atoms with E-state index < -0.39 is 10.0 Å². The van der Waals surface area contributed by atoms with E-state index in [-0.39, 0.29) is 17.5 Å². The number of aryl methyl sites for hydroxylation is 2. The van der Waals surface area contributed by atoms with Gasteiger partial charge in [-0.25, -0.2) is 13.1 Å². The number of rotatable bonds is 6. The van der Waals surface area contributed by atoms with Crippen LogP contribution in [0.1, 0.15) is 42.9 Å². The number of nitrogens with one attached hydrogen (secondary N) is 1. The molecule has 0 saturated heterocycles. The Kier molecular flexibility index (Phi) is 4.52. The average Bonchev–Trinajstić information content (AvgIpc) is 3.06. The summed E-state index contributed by atoms with van der Waals surface area (Å²) >= 11 is 0. The van der Waals surface area contributed by atoms with E-state index in [4.69, 9.17) is 0 Å². The monoisotopic (exact) mass is 297 g/mol. The normalized spacial score (nSPS) is 22.0. The van der Waals surface area contributed by atoms with Crippen molar-refractivity contribution in [1.82, 2.24) is 4.72 Å². The van der Waals surface area contributed by atoms with E-state index >= 15 is 0 Å². The van der Waals surface area contributed by atoms with Crippen LogP contribution in [0.25, 0.3) is 0 Å². The molecule has 1 fully saturated rings. The smallest absolute Gasteiger partial charge is 0.241 e. The summed E-state index contributed by atoms with van der Waals surface area (Å²) in [5, 5.41) is 9.29. The van der Waals surface area contributed by atoms with Gasteiger partial charge in [-0.1, -0.05) is 19.4 Å². The lowest BCUT2D eigenvalue weighted by molar-refractivity contribution is 0.280. The van der Waals surface area contributed by atoms with Crippen molar-refractivity contribution in [3.8, 4) is 0 Å². The molecule has 0 bridgehead atoms. The summed E-state index contributed by atoms with van der Waals surface area (Å²) in [4.78, 5) is 0.286. The maximum Gasteiger partial charge on any atom is 0.241 e.